The first-order valence-corrected chi connectivity index (χ1v) is 10.3. The van der Waals surface area contributed by atoms with E-state index in [0.717, 1.165) is 0 Å². The molecule has 0 fully saturated rings. The number of rotatable bonds is 20. The van der Waals surface area contributed by atoms with E-state index < -0.39 is 30.6 Å². The Morgan fingerprint density at radius 1 is 0.871 bits per heavy atom. The molecule has 12 nitrogen and oxygen atoms in total. The molecule has 0 radical (unpaired) electrons. The van der Waals surface area contributed by atoms with Crippen molar-refractivity contribution in [2.24, 2.45) is 0 Å². The number of ether oxygens (including phenoxy) is 1. The number of carboxylic acid groups (broad SMARTS) is 3. The molecule has 0 amide bonds. The number of aliphatic hydroxyl groups is 2. The Kier molecular flexibility index (Phi) is 15.8. The van der Waals surface area contributed by atoms with Gasteiger partial charge in [0.25, 0.3) is 0 Å². The summed E-state index contributed by atoms with van der Waals surface area (Å²) in [5, 5.41) is 45.7. The van der Waals surface area contributed by atoms with Crippen LogP contribution in [0.15, 0.2) is 0 Å². The summed E-state index contributed by atoms with van der Waals surface area (Å²) in [6.07, 6.45) is -0.611. The highest BCUT2D eigenvalue weighted by atomic mass is 16.5. The van der Waals surface area contributed by atoms with Gasteiger partial charge in [-0.25, -0.2) is 0 Å². The molecule has 2 atom stereocenters. The predicted octanol–water partition coefficient (Wildman–Crippen LogP) is -1.69. The van der Waals surface area contributed by atoms with Crippen molar-refractivity contribution in [2.75, 3.05) is 72.2 Å². The van der Waals surface area contributed by atoms with Crippen molar-refractivity contribution in [2.45, 2.75) is 32.4 Å². The molecule has 0 spiro atoms. The van der Waals surface area contributed by atoms with Gasteiger partial charge in [0.05, 0.1) is 32.8 Å². The van der Waals surface area contributed by atoms with Crippen molar-refractivity contribution in [3.05, 3.63) is 0 Å². The Hall–Kier alpha value is -1.83. The van der Waals surface area contributed by atoms with E-state index >= 15 is 0 Å². The minimum absolute atomic E-state index is 0.0617. The van der Waals surface area contributed by atoms with Gasteiger partial charge in [-0.3, -0.25) is 29.1 Å². The lowest BCUT2D eigenvalue weighted by atomic mass is 10.1. The largest absolute Gasteiger partial charge is 0.480 e. The zero-order chi connectivity index (χ0) is 23.8. The van der Waals surface area contributed by atoms with Crippen LogP contribution in [0.4, 0.5) is 0 Å². The van der Waals surface area contributed by atoms with E-state index in [0.29, 0.717) is 32.6 Å². The summed E-state index contributed by atoms with van der Waals surface area (Å²) in [6.45, 7) is 4.52. The van der Waals surface area contributed by atoms with Gasteiger partial charge in [0.15, 0.2) is 0 Å². The van der Waals surface area contributed by atoms with Gasteiger partial charge in [0, 0.05) is 32.3 Å². The summed E-state index contributed by atoms with van der Waals surface area (Å²) in [7, 11) is 0. The van der Waals surface area contributed by atoms with E-state index in [1.54, 1.807) is 21.6 Å². The van der Waals surface area contributed by atoms with Crippen molar-refractivity contribution in [1.29, 1.82) is 0 Å². The van der Waals surface area contributed by atoms with Crippen LogP contribution in [0.1, 0.15) is 20.3 Å². The average molecular weight is 452 g/mol. The Morgan fingerprint density at radius 3 is 1.90 bits per heavy atom. The molecule has 0 aliphatic carbocycles. The fourth-order valence-electron chi connectivity index (χ4n) is 3.10. The highest BCUT2D eigenvalue weighted by Gasteiger charge is 2.24. The van der Waals surface area contributed by atoms with E-state index in [1.807, 2.05) is 6.92 Å². The first kappa shape index (κ1) is 29.2. The molecule has 182 valence electrons. The lowest BCUT2D eigenvalue weighted by Gasteiger charge is -2.34. The summed E-state index contributed by atoms with van der Waals surface area (Å²) in [5.41, 5.74) is 0. The van der Waals surface area contributed by atoms with Crippen molar-refractivity contribution in [3.63, 3.8) is 0 Å². The molecule has 0 heterocycles. The van der Waals surface area contributed by atoms with Crippen LogP contribution in [0.25, 0.3) is 0 Å². The summed E-state index contributed by atoms with van der Waals surface area (Å²) in [6, 6.07) is -0.332. The van der Waals surface area contributed by atoms with Crippen molar-refractivity contribution < 1.29 is 44.7 Å². The molecule has 12 heteroatoms. The third-order valence-electron chi connectivity index (χ3n) is 4.74. The Labute approximate surface area is 182 Å². The van der Waals surface area contributed by atoms with E-state index in [4.69, 9.17) is 14.9 Å². The van der Waals surface area contributed by atoms with Crippen molar-refractivity contribution >= 4 is 17.9 Å². The average Bonchev–Trinajstić information content (AvgIpc) is 2.70. The third kappa shape index (κ3) is 14.7. The smallest absolute Gasteiger partial charge is 0.317 e. The van der Waals surface area contributed by atoms with Crippen molar-refractivity contribution in [1.82, 2.24) is 14.7 Å². The molecule has 0 saturated carbocycles. The maximum atomic E-state index is 11.3. The molecule has 0 aliphatic rings. The molecule has 0 aromatic carbocycles. The number of carboxylic acids is 3. The Balaban J connectivity index is 5.18. The molecule has 0 aromatic heterocycles. The van der Waals surface area contributed by atoms with Gasteiger partial charge in [-0.05, 0) is 19.5 Å². The lowest BCUT2D eigenvalue weighted by Crippen LogP contribution is -2.49. The maximum absolute atomic E-state index is 11.3. The number of aliphatic carboxylic acids is 3. The number of aliphatic hydroxyl groups excluding tert-OH is 2. The van der Waals surface area contributed by atoms with Gasteiger partial charge >= 0.3 is 17.9 Å². The van der Waals surface area contributed by atoms with Crippen LogP contribution in [0.3, 0.4) is 0 Å². The zero-order valence-electron chi connectivity index (χ0n) is 18.4. The summed E-state index contributed by atoms with van der Waals surface area (Å²) in [5.74, 6) is -3.01. The fourth-order valence-corrected chi connectivity index (χ4v) is 3.10. The zero-order valence-corrected chi connectivity index (χ0v) is 18.4. The lowest BCUT2D eigenvalue weighted by molar-refractivity contribution is -0.141. The topological polar surface area (TPSA) is 171 Å². The predicted molar refractivity (Wildman–Crippen MR) is 111 cm³/mol. The van der Waals surface area contributed by atoms with Crippen LogP contribution in [0.5, 0.6) is 0 Å². The second-order valence-electron chi connectivity index (χ2n) is 7.20. The SMILES string of the molecule is CCN(CCN(CC(=O)O)CC(CCOCC(O)CO)N(CC)CC(=O)O)CC(=O)O. The number of likely N-dealkylation sites (N-methyl/N-ethyl adjacent to an activating group) is 2. The van der Waals surface area contributed by atoms with Gasteiger partial charge in [-0.1, -0.05) is 13.8 Å². The molecule has 2 unspecified atom stereocenters. The minimum atomic E-state index is -1.04. The fraction of sp³-hybridized carbons (Fsp3) is 0.842. The monoisotopic (exact) mass is 451 g/mol. The van der Waals surface area contributed by atoms with Crippen LogP contribution in [0.2, 0.25) is 0 Å². The molecule has 31 heavy (non-hydrogen) atoms. The van der Waals surface area contributed by atoms with E-state index in [9.17, 15) is 29.7 Å². The summed E-state index contributed by atoms with van der Waals surface area (Å²) < 4.78 is 5.35. The Morgan fingerprint density at radius 2 is 1.42 bits per heavy atom. The van der Waals surface area contributed by atoms with E-state index in [-0.39, 0.29) is 45.4 Å². The van der Waals surface area contributed by atoms with Gasteiger partial charge in [0.1, 0.15) is 6.10 Å². The Bertz CT molecular complexity index is 536. The highest BCUT2D eigenvalue weighted by molar-refractivity contribution is 5.69. The summed E-state index contributed by atoms with van der Waals surface area (Å²) in [4.78, 5) is 38.6. The maximum Gasteiger partial charge on any atom is 0.317 e. The van der Waals surface area contributed by atoms with Crippen LogP contribution < -0.4 is 0 Å². The first-order chi connectivity index (χ1) is 14.6. The van der Waals surface area contributed by atoms with Gasteiger partial charge < -0.3 is 30.3 Å². The molecular formula is C19H37N3O9. The first-order valence-electron chi connectivity index (χ1n) is 10.3. The quantitative estimate of drug-likeness (QED) is 0.133. The second-order valence-corrected chi connectivity index (χ2v) is 7.20. The van der Waals surface area contributed by atoms with Crippen LogP contribution >= 0.6 is 0 Å². The molecule has 0 saturated heterocycles. The summed E-state index contributed by atoms with van der Waals surface area (Å²) >= 11 is 0. The van der Waals surface area contributed by atoms with Gasteiger partial charge in [-0.15, -0.1) is 0 Å². The number of hydrogen-bond acceptors (Lipinski definition) is 9. The number of nitrogens with zero attached hydrogens (tertiary/aromatic N) is 3. The molecule has 0 aromatic rings. The van der Waals surface area contributed by atoms with Crippen LogP contribution in [0, 0.1) is 0 Å². The highest BCUT2D eigenvalue weighted by Crippen LogP contribution is 2.09. The van der Waals surface area contributed by atoms with Gasteiger partial charge in [-0.2, -0.15) is 0 Å². The second kappa shape index (κ2) is 16.8. The van der Waals surface area contributed by atoms with Crippen molar-refractivity contribution in [3.8, 4) is 0 Å². The molecule has 0 bridgehead atoms. The molecule has 0 aliphatic heterocycles. The third-order valence-corrected chi connectivity index (χ3v) is 4.74. The minimum Gasteiger partial charge on any atom is -0.480 e. The normalized spacial score (nSPS) is 13.6. The molecule has 5 N–H and O–H groups in total. The molecule has 0 rings (SSSR count). The van der Waals surface area contributed by atoms with Crippen LogP contribution in [-0.2, 0) is 19.1 Å². The standard InChI is InChI=1S/C19H37N3O9/c1-3-20(10-17(25)26)6-7-21(11-18(27)28)9-15(22(4-2)12-19(29)30)5-8-31-14-16(24)13-23/h15-16,23-24H,3-14H2,1-2H3,(H,25,26)(H,27,28)(H,29,30). The van der Waals surface area contributed by atoms with Crippen LogP contribution in [-0.4, -0.2) is 142 Å². The van der Waals surface area contributed by atoms with E-state index in [2.05, 4.69) is 0 Å². The number of carbonyl (C=O) groups is 3. The molecular weight excluding hydrogens is 414 g/mol. The van der Waals surface area contributed by atoms with Gasteiger partial charge in [0.2, 0.25) is 0 Å². The van der Waals surface area contributed by atoms with E-state index in [1.165, 1.54) is 0 Å². The number of hydrogen-bond donors (Lipinski definition) is 5.